The van der Waals surface area contributed by atoms with Crippen LogP contribution in [-0.2, 0) is 0 Å². The van der Waals surface area contributed by atoms with Gasteiger partial charge in [0, 0.05) is 10.6 Å². The molecule has 0 saturated carbocycles. The van der Waals surface area contributed by atoms with Gasteiger partial charge in [0.15, 0.2) is 0 Å². The van der Waals surface area contributed by atoms with Crippen LogP contribution in [-0.4, -0.2) is 22.0 Å². The van der Waals surface area contributed by atoms with Crippen molar-refractivity contribution in [3.63, 3.8) is 0 Å². The predicted molar refractivity (Wildman–Crippen MR) is 161 cm³/mol. The highest BCUT2D eigenvalue weighted by molar-refractivity contribution is 7.69. The van der Waals surface area contributed by atoms with Gasteiger partial charge in [0.05, 0.1) is 0 Å². The summed E-state index contributed by atoms with van der Waals surface area (Å²) in [7, 11) is -0.991. The van der Waals surface area contributed by atoms with Crippen molar-refractivity contribution in [3.05, 3.63) is 36.4 Å². The molecule has 0 N–H and O–H groups in total. The Morgan fingerprint density at radius 3 is 1.22 bits per heavy atom. The van der Waals surface area contributed by atoms with E-state index in [1.54, 1.807) is 0 Å². The van der Waals surface area contributed by atoms with Crippen molar-refractivity contribution >= 4 is 26.5 Å². The molecule has 2 heterocycles. The minimum absolute atomic E-state index is 0.172. The Hall–Kier alpha value is -1.10. The van der Waals surface area contributed by atoms with Gasteiger partial charge in [-0.2, -0.15) is 0 Å². The lowest BCUT2D eigenvalue weighted by Gasteiger charge is -2.37. The second-order valence-electron chi connectivity index (χ2n) is 12.6. The first-order chi connectivity index (χ1) is 17.0. The van der Waals surface area contributed by atoms with E-state index in [1.165, 1.54) is 47.4 Å². The lowest BCUT2D eigenvalue weighted by Crippen LogP contribution is -2.31. The topological polar surface area (TPSA) is 18.5 Å². The Kier molecular flexibility index (Phi) is 8.20. The summed E-state index contributed by atoms with van der Waals surface area (Å²) < 4.78 is 13.7. The van der Waals surface area contributed by atoms with Crippen molar-refractivity contribution in [2.24, 2.45) is 11.8 Å². The molecule has 0 spiro atoms. The molecular weight excluding hydrogens is 478 g/mol. The minimum Gasteiger partial charge on any atom is -0.485 e. The smallest absolute Gasteiger partial charge is 0.128 e. The Bertz CT molecular complexity index is 971. The molecule has 2 unspecified atom stereocenters. The number of rotatable bonds is 7. The van der Waals surface area contributed by atoms with Crippen LogP contribution < -0.4 is 20.1 Å². The normalized spacial score (nSPS) is 23.6. The molecule has 4 heteroatoms. The average Bonchev–Trinajstić information content (AvgIpc) is 3.39. The van der Waals surface area contributed by atoms with E-state index in [2.05, 4.69) is 106 Å². The van der Waals surface area contributed by atoms with E-state index in [0.717, 1.165) is 11.5 Å². The molecule has 0 aliphatic carbocycles. The fraction of sp³-hybridized carbons (Fsp3) is 0.625. The second kappa shape index (κ2) is 10.6. The molecule has 0 aromatic heterocycles. The van der Waals surface area contributed by atoms with Gasteiger partial charge >= 0.3 is 0 Å². The van der Waals surface area contributed by atoms with Gasteiger partial charge in [-0.25, -0.2) is 0 Å². The minimum atomic E-state index is -0.495. The number of fused-ring (bicyclic) bond motifs is 2. The highest BCUT2D eigenvalue weighted by Crippen LogP contribution is 2.65. The van der Waals surface area contributed by atoms with Crippen LogP contribution in [0.3, 0.4) is 0 Å². The quantitative estimate of drug-likeness (QED) is 0.335. The highest BCUT2D eigenvalue weighted by Gasteiger charge is 2.48. The van der Waals surface area contributed by atoms with Gasteiger partial charge in [0.25, 0.3) is 0 Å². The third-order valence-electron chi connectivity index (χ3n) is 8.12. The number of hydrogen-bond acceptors (Lipinski definition) is 2. The van der Waals surface area contributed by atoms with E-state index < -0.39 is 15.8 Å². The van der Waals surface area contributed by atoms with Crippen LogP contribution in [0.15, 0.2) is 36.4 Å². The maximum Gasteiger partial charge on any atom is 0.128 e. The summed E-state index contributed by atoms with van der Waals surface area (Å²) in [5.41, 5.74) is 2.79. The molecule has 0 bridgehead atoms. The van der Waals surface area contributed by atoms with Crippen LogP contribution in [0.4, 0.5) is 0 Å². The van der Waals surface area contributed by atoms with Crippen LogP contribution >= 0.6 is 15.8 Å². The lowest BCUT2D eigenvalue weighted by atomic mass is 10.0. The zero-order chi connectivity index (χ0) is 26.4. The van der Waals surface area contributed by atoms with E-state index in [1.807, 2.05) is 0 Å². The summed E-state index contributed by atoms with van der Waals surface area (Å²) in [5, 5.41) is 3.32. The Morgan fingerprint density at radius 1 is 0.611 bits per heavy atom. The molecule has 4 atom stereocenters. The first-order valence-corrected chi connectivity index (χ1v) is 17.0. The predicted octanol–water partition coefficient (Wildman–Crippen LogP) is 9.47. The zero-order valence-electron chi connectivity index (χ0n) is 24.3. The van der Waals surface area contributed by atoms with Gasteiger partial charge in [0.2, 0.25) is 0 Å². The fourth-order valence-electron chi connectivity index (χ4n) is 6.22. The Morgan fingerprint density at radius 2 is 0.944 bits per heavy atom. The molecule has 0 amide bonds. The SMILES string of the molecule is CCC(CC)[C@@H]1Oc2cccc(-c3cccc4c3P(C(C)(C)C)[C@H](C(CC)CC)O4)c2P1C(C)(C)C. The molecule has 2 aromatic carbocycles. The fourth-order valence-corrected chi connectivity index (χ4v) is 13.4. The van der Waals surface area contributed by atoms with Crippen molar-refractivity contribution in [1.29, 1.82) is 0 Å². The third kappa shape index (κ3) is 4.87. The Balaban J connectivity index is 1.93. The number of benzene rings is 2. The molecule has 0 radical (unpaired) electrons. The van der Waals surface area contributed by atoms with E-state index in [9.17, 15) is 0 Å². The summed E-state index contributed by atoms with van der Waals surface area (Å²) in [4.78, 5) is 0. The van der Waals surface area contributed by atoms with Gasteiger partial charge in [-0.3, -0.25) is 0 Å². The van der Waals surface area contributed by atoms with Crippen LogP contribution in [0.1, 0.15) is 94.9 Å². The van der Waals surface area contributed by atoms with Gasteiger partial charge in [0.1, 0.15) is 23.2 Å². The van der Waals surface area contributed by atoms with Crippen molar-refractivity contribution in [2.45, 2.75) is 117 Å². The standard InChI is InChI=1S/C32H48O2P2/c1-11-21(12-2)29-33-25-19-15-17-23(27(25)35(29)31(5,6)7)24-18-16-20-26-28(24)36(32(8,9)10)30(34-26)22(13-3)14-4/h15-22,29-30H,11-14H2,1-10H3/t29-,30-,35?,36?/m1/s1. The van der Waals surface area contributed by atoms with Gasteiger partial charge in [-0.1, -0.05) is 93.5 Å². The summed E-state index contributed by atoms with van der Waals surface area (Å²) in [5.74, 6) is 4.01. The van der Waals surface area contributed by atoms with E-state index in [-0.39, 0.29) is 10.3 Å². The van der Waals surface area contributed by atoms with E-state index in [0.29, 0.717) is 23.5 Å². The molecule has 36 heavy (non-hydrogen) atoms. The van der Waals surface area contributed by atoms with Gasteiger partial charge in [-0.15, -0.1) is 0 Å². The first kappa shape index (κ1) is 27.9. The van der Waals surface area contributed by atoms with Gasteiger partial charge in [-0.05, 0) is 86.9 Å². The molecule has 4 rings (SSSR count). The Labute approximate surface area is 223 Å². The third-order valence-corrected chi connectivity index (χ3v) is 15.0. The monoisotopic (exact) mass is 526 g/mol. The maximum absolute atomic E-state index is 6.86. The van der Waals surface area contributed by atoms with Crippen LogP contribution in [0.25, 0.3) is 11.1 Å². The number of hydrogen-bond donors (Lipinski definition) is 0. The molecule has 2 aromatic rings. The molecule has 0 fully saturated rings. The van der Waals surface area contributed by atoms with Gasteiger partial charge < -0.3 is 9.47 Å². The van der Waals surface area contributed by atoms with E-state index in [4.69, 9.17) is 9.47 Å². The summed E-state index contributed by atoms with van der Waals surface area (Å²) in [6, 6.07) is 13.6. The maximum atomic E-state index is 6.86. The van der Waals surface area contributed by atoms with Crippen molar-refractivity contribution in [1.82, 2.24) is 0 Å². The van der Waals surface area contributed by atoms with Crippen LogP contribution in [0, 0.1) is 11.8 Å². The average molecular weight is 527 g/mol. The molecule has 2 aliphatic rings. The molecular formula is C32H48O2P2. The number of ether oxygens (including phenoxy) is 2. The van der Waals surface area contributed by atoms with Crippen molar-refractivity contribution in [3.8, 4) is 22.6 Å². The van der Waals surface area contributed by atoms with Crippen molar-refractivity contribution < 1.29 is 9.47 Å². The molecule has 198 valence electrons. The highest BCUT2D eigenvalue weighted by atomic mass is 31.1. The molecule has 2 aliphatic heterocycles. The summed E-state index contributed by atoms with van der Waals surface area (Å²) in [6.07, 6.45) is 4.67. The second-order valence-corrected chi connectivity index (χ2v) is 18.6. The summed E-state index contributed by atoms with van der Waals surface area (Å²) in [6.45, 7) is 23.8. The van der Waals surface area contributed by atoms with E-state index >= 15 is 0 Å². The van der Waals surface area contributed by atoms with Crippen LogP contribution in [0.5, 0.6) is 11.5 Å². The zero-order valence-corrected chi connectivity index (χ0v) is 26.1. The van der Waals surface area contributed by atoms with Crippen molar-refractivity contribution in [2.75, 3.05) is 0 Å². The molecule has 2 nitrogen and oxygen atoms in total. The largest absolute Gasteiger partial charge is 0.485 e. The van der Waals surface area contributed by atoms with Crippen LogP contribution in [0.2, 0.25) is 0 Å². The molecule has 0 saturated heterocycles. The first-order valence-electron chi connectivity index (χ1n) is 14.2. The lowest BCUT2D eigenvalue weighted by molar-refractivity contribution is 0.210. The summed E-state index contributed by atoms with van der Waals surface area (Å²) >= 11 is 0.